The SMILES string of the molecule is CC(C)Cc1cc(C(=O)CCC(N)C(=O)O)ccn1. The minimum absolute atomic E-state index is 0.0934. The molecule has 1 aromatic rings. The average molecular weight is 264 g/mol. The highest BCUT2D eigenvalue weighted by Gasteiger charge is 2.15. The van der Waals surface area contributed by atoms with E-state index in [0.717, 1.165) is 12.1 Å². The molecule has 5 nitrogen and oxygen atoms in total. The largest absolute Gasteiger partial charge is 0.480 e. The zero-order chi connectivity index (χ0) is 14.4. The fraction of sp³-hybridized carbons (Fsp3) is 0.500. The lowest BCUT2D eigenvalue weighted by molar-refractivity contribution is -0.138. The van der Waals surface area contributed by atoms with E-state index >= 15 is 0 Å². The summed E-state index contributed by atoms with van der Waals surface area (Å²) in [6, 6.07) is 2.44. The van der Waals surface area contributed by atoms with Crippen molar-refractivity contribution in [2.24, 2.45) is 11.7 Å². The number of carboxylic acid groups (broad SMARTS) is 1. The summed E-state index contributed by atoms with van der Waals surface area (Å²) in [7, 11) is 0. The van der Waals surface area contributed by atoms with Crippen LogP contribution in [0.1, 0.15) is 42.7 Å². The van der Waals surface area contributed by atoms with Gasteiger partial charge in [-0.25, -0.2) is 0 Å². The molecule has 0 radical (unpaired) electrons. The molecule has 0 aliphatic heterocycles. The number of nitrogens with two attached hydrogens (primary N) is 1. The molecule has 104 valence electrons. The van der Waals surface area contributed by atoms with Crippen LogP contribution in [0.15, 0.2) is 18.3 Å². The predicted octanol–water partition coefficient (Wildman–Crippen LogP) is 1.65. The highest BCUT2D eigenvalue weighted by atomic mass is 16.4. The van der Waals surface area contributed by atoms with Crippen LogP contribution in [-0.4, -0.2) is 27.9 Å². The van der Waals surface area contributed by atoms with Gasteiger partial charge in [-0.3, -0.25) is 14.6 Å². The lowest BCUT2D eigenvalue weighted by atomic mass is 10.0. The normalized spacial score (nSPS) is 12.4. The van der Waals surface area contributed by atoms with Crippen LogP contribution in [0.3, 0.4) is 0 Å². The van der Waals surface area contributed by atoms with Gasteiger partial charge in [-0.2, -0.15) is 0 Å². The van der Waals surface area contributed by atoms with Gasteiger partial charge in [0.25, 0.3) is 0 Å². The zero-order valence-electron chi connectivity index (χ0n) is 11.3. The summed E-state index contributed by atoms with van der Waals surface area (Å²) < 4.78 is 0. The van der Waals surface area contributed by atoms with Crippen molar-refractivity contribution >= 4 is 11.8 Å². The Morgan fingerprint density at radius 3 is 2.68 bits per heavy atom. The molecule has 3 N–H and O–H groups in total. The maximum atomic E-state index is 11.9. The highest BCUT2D eigenvalue weighted by molar-refractivity contribution is 5.96. The van der Waals surface area contributed by atoms with Gasteiger partial charge in [-0.1, -0.05) is 13.8 Å². The van der Waals surface area contributed by atoms with Crippen molar-refractivity contribution in [1.82, 2.24) is 4.98 Å². The molecular formula is C14H20N2O3. The Hall–Kier alpha value is -1.75. The highest BCUT2D eigenvalue weighted by Crippen LogP contribution is 2.11. The molecule has 0 aromatic carbocycles. The van der Waals surface area contributed by atoms with Crippen LogP contribution in [0, 0.1) is 5.92 Å². The van der Waals surface area contributed by atoms with Crippen molar-refractivity contribution in [3.05, 3.63) is 29.6 Å². The third-order valence-corrected chi connectivity index (χ3v) is 2.76. The van der Waals surface area contributed by atoms with Crippen molar-refractivity contribution in [3.8, 4) is 0 Å². The van der Waals surface area contributed by atoms with Crippen molar-refractivity contribution < 1.29 is 14.7 Å². The van der Waals surface area contributed by atoms with Crippen LogP contribution in [-0.2, 0) is 11.2 Å². The first-order valence-corrected chi connectivity index (χ1v) is 6.36. The summed E-state index contributed by atoms with van der Waals surface area (Å²) in [5.74, 6) is -0.703. The van der Waals surface area contributed by atoms with E-state index in [1.165, 1.54) is 0 Å². The van der Waals surface area contributed by atoms with Crippen LogP contribution in [0.4, 0.5) is 0 Å². The van der Waals surface area contributed by atoms with Gasteiger partial charge in [0.1, 0.15) is 6.04 Å². The smallest absolute Gasteiger partial charge is 0.320 e. The number of carbonyl (C=O) groups excluding carboxylic acids is 1. The quantitative estimate of drug-likeness (QED) is 0.730. The Morgan fingerprint density at radius 2 is 2.11 bits per heavy atom. The molecule has 0 aliphatic carbocycles. The monoisotopic (exact) mass is 264 g/mol. The van der Waals surface area contributed by atoms with Gasteiger partial charge < -0.3 is 10.8 Å². The number of hydrogen-bond donors (Lipinski definition) is 2. The number of rotatable bonds is 7. The molecule has 0 bridgehead atoms. The molecule has 1 aromatic heterocycles. The summed E-state index contributed by atoms with van der Waals surface area (Å²) in [6.45, 7) is 4.17. The average Bonchev–Trinajstić information content (AvgIpc) is 2.34. The van der Waals surface area contributed by atoms with Crippen LogP contribution < -0.4 is 5.73 Å². The first-order chi connectivity index (χ1) is 8.90. The van der Waals surface area contributed by atoms with Crippen molar-refractivity contribution in [2.75, 3.05) is 0 Å². The fourth-order valence-corrected chi connectivity index (χ4v) is 1.74. The van der Waals surface area contributed by atoms with Gasteiger partial charge in [-0.05, 0) is 30.9 Å². The fourth-order valence-electron chi connectivity index (χ4n) is 1.74. The van der Waals surface area contributed by atoms with Gasteiger partial charge in [0.2, 0.25) is 0 Å². The molecule has 1 atom stereocenters. The first-order valence-electron chi connectivity index (χ1n) is 6.36. The molecule has 1 heterocycles. The molecule has 0 spiro atoms. The third-order valence-electron chi connectivity index (χ3n) is 2.76. The summed E-state index contributed by atoms with van der Waals surface area (Å²) in [5, 5.41) is 8.66. The van der Waals surface area contributed by atoms with E-state index in [1.54, 1.807) is 18.3 Å². The van der Waals surface area contributed by atoms with Crippen LogP contribution in [0.5, 0.6) is 0 Å². The van der Waals surface area contributed by atoms with Crippen molar-refractivity contribution in [2.45, 2.75) is 39.2 Å². The maximum absolute atomic E-state index is 11.9. The summed E-state index contributed by atoms with van der Waals surface area (Å²) >= 11 is 0. The van der Waals surface area contributed by atoms with E-state index in [0.29, 0.717) is 11.5 Å². The van der Waals surface area contributed by atoms with Gasteiger partial charge in [-0.15, -0.1) is 0 Å². The second kappa shape index (κ2) is 6.99. The van der Waals surface area contributed by atoms with Crippen molar-refractivity contribution in [1.29, 1.82) is 0 Å². The molecule has 0 aliphatic rings. The second-order valence-electron chi connectivity index (χ2n) is 5.04. The topological polar surface area (TPSA) is 93.3 Å². The minimum Gasteiger partial charge on any atom is -0.480 e. The summed E-state index contributed by atoms with van der Waals surface area (Å²) in [5.41, 5.74) is 6.83. The molecule has 5 heteroatoms. The first kappa shape index (κ1) is 15.3. The summed E-state index contributed by atoms with van der Waals surface area (Å²) in [4.78, 5) is 26.7. The van der Waals surface area contributed by atoms with Gasteiger partial charge in [0, 0.05) is 23.9 Å². The number of ketones is 1. The van der Waals surface area contributed by atoms with Gasteiger partial charge in [0.15, 0.2) is 5.78 Å². The van der Waals surface area contributed by atoms with E-state index in [2.05, 4.69) is 18.8 Å². The molecule has 1 rings (SSSR count). The molecule has 19 heavy (non-hydrogen) atoms. The number of nitrogens with zero attached hydrogens (tertiary/aromatic N) is 1. The Bertz CT molecular complexity index is 458. The predicted molar refractivity (Wildman–Crippen MR) is 72.0 cm³/mol. The molecule has 1 unspecified atom stereocenters. The summed E-state index contributed by atoms with van der Waals surface area (Å²) in [6.07, 6.45) is 2.71. The molecule has 0 saturated carbocycles. The number of Topliss-reactive ketones (excluding diaryl/α,β-unsaturated/α-hetero) is 1. The lowest BCUT2D eigenvalue weighted by Gasteiger charge is -2.07. The van der Waals surface area contributed by atoms with E-state index in [-0.39, 0.29) is 18.6 Å². The van der Waals surface area contributed by atoms with Crippen LogP contribution in [0.2, 0.25) is 0 Å². The molecular weight excluding hydrogens is 244 g/mol. The maximum Gasteiger partial charge on any atom is 0.320 e. The van der Waals surface area contributed by atoms with E-state index in [9.17, 15) is 9.59 Å². The van der Waals surface area contributed by atoms with Gasteiger partial charge >= 0.3 is 5.97 Å². The van der Waals surface area contributed by atoms with Crippen LogP contribution >= 0.6 is 0 Å². The van der Waals surface area contributed by atoms with Crippen LogP contribution in [0.25, 0.3) is 0 Å². The Kier molecular flexibility index (Phi) is 5.63. The number of carbonyl (C=O) groups is 2. The van der Waals surface area contributed by atoms with E-state index in [1.807, 2.05) is 0 Å². The standard InChI is InChI=1S/C14H20N2O3/c1-9(2)7-11-8-10(5-6-16-11)13(17)4-3-12(15)14(18)19/h5-6,8-9,12H,3-4,7,15H2,1-2H3,(H,18,19). The minimum atomic E-state index is -1.08. The number of aliphatic carboxylic acids is 1. The Morgan fingerprint density at radius 1 is 1.42 bits per heavy atom. The van der Waals surface area contributed by atoms with Gasteiger partial charge in [0.05, 0.1) is 0 Å². The number of carboxylic acids is 1. The molecule has 0 saturated heterocycles. The lowest BCUT2D eigenvalue weighted by Crippen LogP contribution is -2.30. The van der Waals surface area contributed by atoms with E-state index in [4.69, 9.17) is 10.8 Å². The number of pyridine rings is 1. The van der Waals surface area contributed by atoms with E-state index < -0.39 is 12.0 Å². The Labute approximate surface area is 112 Å². The molecule has 0 fully saturated rings. The Balaban J connectivity index is 2.64. The number of aromatic nitrogens is 1. The third kappa shape index (κ3) is 5.18. The van der Waals surface area contributed by atoms with Crippen molar-refractivity contribution in [3.63, 3.8) is 0 Å². The zero-order valence-corrected chi connectivity index (χ0v) is 11.3. The second-order valence-corrected chi connectivity index (χ2v) is 5.04. The molecule has 0 amide bonds. The number of hydrogen-bond acceptors (Lipinski definition) is 4.